The minimum Gasteiger partial charge on any atom is -0.481 e. The number of carbonyl (C=O) groups is 1. The number of nitrogens with one attached hydrogen (secondary N) is 1. The molecule has 130 valence electrons. The Labute approximate surface area is 144 Å². The first-order valence-corrected chi connectivity index (χ1v) is 7.57. The van der Waals surface area contributed by atoms with Crippen LogP contribution in [0.2, 0.25) is 0 Å². The van der Waals surface area contributed by atoms with Crippen LogP contribution in [0.4, 0.5) is 8.78 Å². The summed E-state index contributed by atoms with van der Waals surface area (Å²) in [6, 6.07) is 13.2. The minimum absolute atomic E-state index is 0.0702. The van der Waals surface area contributed by atoms with Crippen LogP contribution >= 0.6 is 0 Å². The van der Waals surface area contributed by atoms with Gasteiger partial charge in [0.1, 0.15) is 18.1 Å². The Bertz CT molecular complexity index is 739. The van der Waals surface area contributed by atoms with Gasteiger partial charge in [0.25, 0.3) is 5.91 Å². The molecule has 6 heteroatoms. The first-order chi connectivity index (χ1) is 12.1. The molecule has 0 fully saturated rings. The maximum Gasteiger partial charge on any atom is 0.387 e. The molecule has 0 spiro atoms. The number of halogens is 2. The lowest BCUT2D eigenvalue weighted by molar-refractivity contribution is -0.0501. The summed E-state index contributed by atoms with van der Waals surface area (Å²) >= 11 is 0. The zero-order chi connectivity index (χ0) is 18.1. The second-order valence-corrected chi connectivity index (χ2v) is 5.02. The SMILES string of the molecule is C#CCOc1ccc(CCNC(=O)c2ccccc2OC(F)F)cc1. The van der Waals surface area contributed by atoms with Crippen LogP contribution < -0.4 is 14.8 Å². The molecule has 0 aliphatic rings. The maximum atomic E-state index is 12.4. The van der Waals surface area contributed by atoms with Crippen molar-refractivity contribution in [2.75, 3.05) is 13.2 Å². The fourth-order valence-corrected chi connectivity index (χ4v) is 2.15. The van der Waals surface area contributed by atoms with Crippen LogP contribution in [0, 0.1) is 12.3 Å². The molecule has 0 heterocycles. The summed E-state index contributed by atoms with van der Waals surface area (Å²) < 4.78 is 34.4. The Morgan fingerprint density at radius 1 is 1.16 bits per heavy atom. The van der Waals surface area contributed by atoms with E-state index in [0.29, 0.717) is 18.7 Å². The summed E-state index contributed by atoms with van der Waals surface area (Å²) in [4.78, 5) is 12.1. The molecule has 0 bridgehead atoms. The van der Waals surface area contributed by atoms with Gasteiger partial charge < -0.3 is 14.8 Å². The smallest absolute Gasteiger partial charge is 0.387 e. The number of benzene rings is 2. The highest BCUT2D eigenvalue weighted by molar-refractivity contribution is 5.96. The molecular formula is C19H17F2NO3. The van der Waals surface area contributed by atoms with Crippen molar-refractivity contribution in [1.82, 2.24) is 5.32 Å². The van der Waals surface area contributed by atoms with Crippen molar-refractivity contribution in [1.29, 1.82) is 0 Å². The molecule has 1 N–H and O–H groups in total. The Morgan fingerprint density at radius 2 is 1.88 bits per heavy atom. The minimum atomic E-state index is -2.98. The topological polar surface area (TPSA) is 47.6 Å². The third-order valence-electron chi connectivity index (χ3n) is 3.29. The molecule has 2 aromatic carbocycles. The van der Waals surface area contributed by atoms with Gasteiger partial charge in [-0.25, -0.2) is 0 Å². The van der Waals surface area contributed by atoms with Crippen LogP contribution in [-0.2, 0) is 6.42 Å². The van der Waals surface area contributed by atoms with Gasteiger partial charge in [-0.1, -0.05) is 30.2 Å². The second kappa shape index (κ2) is 9.28. The summed E-state index contributed by atoms with van der Waals surface area (Å²) in [5.74, 6) is 2.44. The van der Waals surface area contributed by atoms with Crippen molar-refractivity contribution in [2.24, 2.45) is 0 Å². The Kier molecular flexibility index (Phi) is 6.78. The highest BCUT2D eigenvalue weighted by Crippen LogP contribution is 2.20. The molecular weight excluding hydrogens is 328 g/mol. The second-order valence-electron chi connectivity index (χ2n) is 5.02. The molecule has 2 rings (SSSR count). The van der Waals surface area contributed by atoms with E-state index in [1.54, 1.807) is 18.2 Å². The van der Waals surface area contributed by atoms with Gasteiger partial charge in [-0.05, 0) is 36.2 Å². The van der Waals surface area contributed by atoms with Gasteiger partial charge in [0.2, 0.25) is 0 Å². The quantitative estimate of drug-likeness (QED) is 0.747. The summed E-state index contributed by atoms with van der Waals surface area (Å²) in [6.07, 6.45) is 5.70. The third-order valence-corrected chi connectivity index (χ3v) is 3.29. The van der Waals surface area contributed by atoms with Gasteiger partial charge in [-0.3, -0.25) is 4.79 Å². The van der Waals surface area contributed by atoms with Crippen LogP contribution in [0.5, 0.6) is 11.5 Å². The number of hydrogen-bond acceptors (Lipinski definition) is 3. The molecule has 0 atom stereocenters. The van der Waals surface area contributed by atoms with Crippen molar-refractivity contribution in [3.8, 4) is 23.8 Å². The highest BCUT2D eigenvalue weighted by Gasteiger charge is 2.14. The molecule has 0 aromatic heterocycles. The number of alkyl halides is 2. The number of ether oxygens (including phenoxy) is 2. The van der Waals surface area contributed by atoms with Crippen molar-refractivity contribution >= 4 is 5.91 Å². The van der Waals surface area contributed by atoms with Crippen molar-refractivity contribution in [3.63, 3.8) is 0 Å². The molecule has 25 heavy (non-hydrogen) atoms. The summed E-state index contributed by atoms with van der Waals surface area (Å²) in [7, 11) is 0. The first-order valence-electron chi connectivity index (χ1n) is 7.57. The van der Waals surface area contributed by atoms with E-state index in [0.717, 1.165) is 5.56 Å². The predicted molar refractivity (Wildman–Crippen MR) is 89.9 cm³/mol. The highest BCUT2D eigenvalue weighted by atomic mass is 19.3. The average molecular weight is 345 g/mol. The molecule has 1 amide bonds. The lowest BCUT2D eigenvalue weighted by Crippen LogP contribution is -2.26. The summed E-state index contributed by atoms with van der Waals surface area (Å²) in [5, 5.41) is 2.69. The van der Waals surface area contributed by atoms with Crippen LogP contribution in [0.15, 0.2) is 48.5 Å². The maximum absolute atomic E-state index is 12.4. The standard InChI is InChI=1S/C19H17F2NO3/c1-2-13-24-15-9-7-14(8-10-15)11-12-22-18(23)16-5-3-4-6-17(16)25-19(20)21/h1,3-10,19H,11-13H2,(H,22,23). The Morgan fingerprint density at radius 3 is 2.56 bits per heavy atom. The van der Waals surface area contributed by atoms with E-state index in [-0.39, 0.29) is 17.9 Å². The molecule has 0 unspecified atom stereocenters. The first kappa shape index (κ1) is 18.3. The van der Waals surface area contributed by atoms with Crippen LogP contribution in [0.3, 0.4) is 0 Å². The number of amides is 1. The Balaban J connectivity index is 1.87. The molecule has 0 saturated heterocycles. The number of terminal acetylenes is 1. The fraction of sp³-hybridized carbons (Fsp3) is 0.211. The van der Waals surface area contributed by atoms with Crippen molar-refractivity contribution in [3.05, 3.63) is 59.7 Å². The monoisotopic (exact) mass is 345 g/mol. The van der Waals surface area contributed by atoms with Gasteiger partial charge in [0.15, 0.2) is 0 Å². The van der Waals surface area contributed by atoms with E-state index in [2.05, 4.69) is 16.0 Å². The van der Waals surface area contributed by atoms with Gasteiger partial charge in [0.05, 0.1) is 5.56 Å². The van der Waals surface area contributed by atoms with Gasteiger partial charge >= 0.3 is 6.61 Å². The molecule has 0 aliphatic carbocycles. The average Bonchev–Trinajstić information content (AvgIpc) is 2.61. The van der Waals surface area contributed by atoms with Crippen LogP contribution in [-0.4, -0.2) is 25.7 Å². The van der Waals surface area contributed by atoms with E-state index in [1.807, 2.05) is 12.1 Å². The number of hydrogen-bond donors (Lipinski definition) is 1. The fourth-order valence-electron chi connectivity index (χ4n) is 2.15. The zero-order valence-electron chi connectivity index (χ0n) is 13.4. The Hall–Kier alpha value is -3.07. The molecule has 0 radical (unpaired) electrons. The van der Waals surface area contributed by atoms with Crippen molar-refractivity contribution < 1.29 is 23.0 Å². The van der Waals surface area contributed by atoms with Crippen LogP contribution in [0.25, 0.3) is 0 Å². The molecule has 4 nitrogen and oxygen atoms in total. The number of rotatable bonds is 8. The third kappa shape index (κ3) is 5.81. The van der Waals surface area contributed by atoms with E-state index < -0.39 is 12.5 Å². The largest absolute Gasteiger partial charge is 0.481 e. The molecule has 2 aromatic rings. The van der Waals surface area contributed by atoms with Crippen LogP contribution in [0.1, 0.15) is 15.9 Å². The van der Waals surface area contributed by atoms with Crippen molar-refractivity contribution in [2.45, 2.75) is 13.0 Å². The van der Waals surface area contributed by atoms with E-state index in [4.69, 9.17) is 11.2 Å². The lowest BCUT2D eigenvalue weighted by Gasteiger charge is -2.11. The normalized spacial score (nSPS) is 10.2. The van der Waals surface area contributed by atoms with E-state index in [9.17, 15) is 13.6 Å². The zero-order valence-corrected chi connectivity index (χ0v) is 13.4. The van der Waals surface area contributed by atoms with Gasteiger partial charge in [0, 0.05) is 6.54 Å². The van der Waals surface area contributed by atoms with Gasteiger partial charge in [-0.2, -0.15) is 8.78 Å². The van der Waals surface area contributed by atoms with E-state index >= 15 is 0 Å². The predicted octanol–water partition coefficient (Wildman–Crippen LogP) is 3.27. The molecule has 0 saturated carbocycles. The molecule has 0 aliphatic heterocycles. The van der Waals surface area contributed by atoms with E-state index in [1.165, 1.54) is 18.2 Å². The number of para-hydroxylation sites is 1. The summed E-state index contributed by atoms with van der Waals surface area (Å²) in [5.41, 5.74) is 1.06. The summed E-state index contributed by atoms with van der Waals surface area (Å²) in [6.45, 7) is -2.42. The van der Waals surface area contributed by atoms with Gasteiger partial charge in [-0.15, -0.1) is 6.42 Å². The number of carbonyl (C=O) groups excluding carboxylic acids is 1. The lowest BCUT2D eigenvalue weighted by atomic mass is 10.1.